The van der Waals surface area contributed by atoms with Crippen molar-refractivity contribution in [3.05, 3.63) is 54.4 Å². The van der Waals surface area contributed by atoms with Gasteiger partial charge in [-0.1, -0.05) is 13.8 Å². The summed E-state index contributed by atoms with van der Waals surface area (Å²) in [6.45, 7) is 5.87. The summed E-state index contributed by atoms with van der Waals surface area (Å²) in [6.07, 6.45) is 3.31. The van der Waals surface area contributed by atoms with E-state index in [1.54, 1.807) is 55.1 Å². The molecule has 0 bridgehead atoms. The van der Waals surface area contributed by atoms with Crippen LogP contribution in [0.15, 0.2) is 53.7 Å². The van der Waals surface area contributed by atoms with Gasteiger partial charge in [0.05, 0.1) is 10.5 Å². The molecule has 0 fully saturated rings. The molecule has 1 N–H and O–H groups in total. The summed E-state index contributed by atoms with van der Waals surface area (Å²) in [4.78, 5) is 23.8. The maximum absolute atomic E-state index is 12.5. The van der Waals surface area contributed by atoms with Crippen molar-refractivity contribution in [2.24, 2.45) is 0 Å². The number of carbonyl (C=O) groups excluding carboxylic acids is 2. The van der Waals surface area contributed by atoms with Gasteiger partial charge in [-0.05, 0) is 37.3 Å². The average Bonchev–Trinajstić information content (AvgIpc) is 2.63. The molecule has 0 aliphatic heterocycles. The van der Waals surface area contributed by atoms with Crippen LogP contribution in [0.3, 0.4) is 0 Å². The molecule has 0 saturated carbocycles. The van der Waals surface area contributed by atoms with Crippen molar-refractivity contribution in [1.29, 1.82) is 0 Å². The number of hydrogen-bond donors (Lipinski definition) is 1. The van der Waals surface area contributed by atoms with E-state index >= 15 is 0 Å². The summed E-state index contributed by atoms with van der Waals surface area (Å²) in [5, 5.41) is 2.72. The summed E-state index contributed by atoms with van der Waals surface area (Å²) >= 11 is 0. The summed E-state index contributed by atoms with van der Waals surface area (Å²) in [6, 6.07) is 9.47. The molecule has 27 heavy (non-hydrogen) atoms. The van der Waals surface area contributed by atoms with E-state index in [0.29, 0.717) is 24.3 Å². The highest BCUT2D eigenvalue weighted by Gasteiger charge is 2.21. The maximum Gasteiger partial charge on any atom is 0.290 e. The molecule has 7 nitrogen and oxygen atoms in total. The monoisotopic (exact) mass is 390 g/mol. The van der Waals surface area contributed by atoms with E-state index in [-0.39, 0.29) is 23.1 Å². The standard InChI is InChI=1S/C19H23N3O4S/c1-4-22(5-2)27(25,26)18-10-8-17(9-11-18)20-19(24)14-21-12-6-7-16(13-21)15(3)23/h6-13H,4-5,14H2,1-3H3/p+1. The number of hydrogen-bond acceptors (Lipinski definition) is 4. The normalized spacial score (nSPS) is 11.4. The van der Waals surface area contributed by atoms with Crippen molar-refractivity contribution < 1.29 is 22.6 Å². The van der Waals surface area contributed by atoms with Crippen molar-refractivity contribution in [3.63, 3.8) is 0 Å². The van der Waals surface area contributed by atoms with E-state index in [0.717, 1.165) is 0 Å². The van der Waals surface area contributed by atoms with Crippen molar-refractivity contribution >= 4 is 27.4 Å². The minimum Gasteiger partial charge on any atom is -0.321 e. The molecule has 0 spiro atoms. The van der Waals surface area contributed by atoms with Crippen molar-refractivity contribution in [3.8, 4) is 0 Å². The maximum atomic E-state index is 12.5. The first-order valence-corrected chi connectivity index (χ1v) is 10.1. The van der Waals surface area contributed by atoms with E-state index < -0.39 is 10.0 Å². The van der Waals surface area contributed by atoms with E-state index in [1.165, 1.54) is 23.4 Å². The molecule has 0 aliphatic rings. The Kier molecular flexibility index (Phi) is 6.81. The molecule has 2 aromatic rings. The molecular weight excluding hydrogens is 366 g/mol. The second kappa shape index (κ2) is 8.88. The fourth-order valence-electron chi connectivity index (χ4n) is 2.62. The molecule has 1 amide bonds. The van der Waals surface area contributed by atoms with E-state index in [4.69, 9.17) is 0 Å². The van der Waals surface area contributed by atoms with Crippen LogP contribution in [0.2, 0.25) is 0 Å². The number of nitrogens with zero attached hydrogens (tertiary/aromatic N) is 2. The van der Waals surface area contributed by atoms with Crippen LogP contribution >= 0.6 is 0 Å². The van der Waals surface area contributed by atoms with Crippen LogP contribution in [0, 0.1) is 0 Å². The van der Waals surface area contributed by atoms with Crippen LogP contribution in [-0.4, -0.2) is 37.5 Å². The van der Waals surface area contributed by atoms with Crippen LogP contribution < -0.4 is 9.88 Å². The molecule has 0 saturated heterocycles. The van der Waals surface area contributed by atoms with Gasteiger partial charge in [0.15, 0.2) is 18.2 Å². The molecule has 0 aliphatic carbocycles. The Labute approximate surface area is 159 Å². The second-order valence-corrected chi connectivity index (χ2v) is 7.92. The Hall–Kier alpha value is -2.58. The molecule has 0 atom stereocenters. The number of rotatable bonds is 8. The number of aromatic nitrogens is 1. The Morgan fingerprint density at radius 3 is 2.26 bits per heavy atom. The molecule has 144 valence electrons. The van der Waals surface area contributed by atoms with Gasteiger partial charge in [-0.15, -0.1) is 0 Å². The van der Waals surface area contributed by atoms with Crippen molar-refractivity contribution in [2.45, 2.75) is 32.2 Å². The lowest BCUT2D eigenvalue weighted by Gasteiger charge is -2.18. The zero-order valence-corrected chi connectivity index (χ0v) is 16.5. The molecular formula is C19H24N3O4S+. The van der Waals surface area contributed by atoms with Gasteiger partial charge in [0, 0.05) is 24.8 Å². The molecule has 1 heterocycles. The van der Waals surface area contributed by atoms with E-state index in [2.05, 4.69) is 5.32 Å². The highest BCUT2D eigenvalue weighted by atomic mass is 32.2. The number of carbonyl (C=O) groups is 2. The lowest BCUT2D eigenvalue weighted by atomic mass is 10.2. The average molecular weight is 390 g/mol. The first-order chi connectivity index (χ1) is 12.8. The smallest absolute Gasteiger partial charge is 0.290 e. The highest BCUT2D eigenvalue weighted by Crippen LogP contribution is 2.18. The molecule has 0 unspecified atom stereocenters. The van der Waals surface area contributed by atoms with Crippen LogP contribution in [0.25, 0.3) is 0 Å². The van der Waals surface area contributed by atoms with Gasteiger partial charge in [-0.25, -0.2) is 8.42 Å². The number of pyridine rings is 1. The summed E-state index contributed by atoms with van der Waals surface area (Å²) < 4.78 is 27.9. The largest absolute Gasteiger partial charge is 0.321 e. The van der Waals surface area contributed by atoms with Gasteiger partial charge in [-0.3, -0.25) is 9.59 Å². The summed E-state index contributed by atoms with van der Waals surface area (Å²) in [5.74, 6) is -0.352. The Bertz CT molecular complexity index is 920. The van der Waals surface area contributed by atoms with Crippen LogP contribution in [-0.2, 0) is 21.4 Å². The molecule has 0 radical (unpaired) electrons. The molecule has 1 aromatic heterocycles. The number of Topliss-reactive ketones (excluding diaryl/α,β-unsaturated/α-hetero) is 1. The first-order valence-electron chi connectivity index (χ1n) is 8.68. The Morgan fingerprint density at radius 1 is 1.07 bits per heavy atom. The number of benzene rings is 1. The van der Waals surface area contributed by atoms with Crippen molar-refractivity contribution in [2.75, 3.05) is 18.4 Å². The number of amides is 1. The predicted molar refractivity (Wildman–Crippen MR) is 102 cm³/mol. The number of ketones is 1. The van der Waals surface area contributed by atoms with Gasteiger partial charge in [0.2, 0.25) is 16.6 Å². The highest BCUT2D eigenvalue weighted by molar-refractivity contribution is 7.89. The van der Waals surface area contributed by atoms with E-state index in [9.17, 15) is 18.0 Å². The van der Waals surface area contributed by atoms with E-state index in [1.807, 2.05) is 0 Å². The molecule has 1 aromatic carbocycles. The predicted octanol–water partition coefficient (Wildman–Crippen LogP) is 1.85. The van der Waals surface area contributed by atoms with Gasteiger partial charge in [0.25, 0.3) is 5.91 Å². The lowest BCUT2D eigenvalue weighted by molar-refractivity contribution is -0.684. The molecule has 2 rings (SSSR count). The number of nitrogens with one attached hydrogen (secondary N) is 1. The van der Waals surface area contributed by atoms with Crippen LogP contribution in [0.1, 0.15) is 31.1 Å². The SMILES string of the molecule is CCN(CC)S(=O)(=O)c1ccc(NC(=O)C[n+]2cccc(C(C)=O)c2)cc1. The van der Waals surface area contributed by atoms with Gasteiger partial charge >= 0.3 is 0 Å². The minimum atomic E-state index is -3.52. The lowest BCUT2D eigenvalue weighted by Crippen LogP contribution is -2.40. The number of anilines is 1. The number of sulfonamides is 1. The Morgan fingerprint density at radius 2 is 1.70 bits per heavy atom. The zero-order valence-electron chi connectivity index (χ0n) is 15.7. The third kappa shape index (κ3) is 5.21. The quantitative estimate of drug-likeness (QED) is 0.550. The Balaban J connectivity index is 2.07. The van der Waals surface area contributed by atoms with Crippen LogP contribution in [0.4, 0.5) is 5.69 Å². The van der Waals surface area contributed by atoms with Gasteiger partial charge in [0.1, 0.15) is 0 Å². The fraction of sp³-hybridized carbons (Fsp3) is 0.316. The third-order valence-electron chi connectivity index (χ3n) is 4.07. The van der Waals surface area contributed by atoms with Crippen molar-refractivity contribution in [1.82, 2.24) is 4.31 Å². The van der Waals surface area contributed by atoms with Crippen LogP contribution in [0.5, 0.6) is 0 Å². The molecule has 8 heteroatoms. The fourth-order valence-corrected chi connectivity index (χ4v) is 4.08. The van der Waals surface area contributed by atoms with Gasteiger partial charge in [-0.2, -0.15) is 8.87 Å². The topological polar surface area (TPSA) is 87.4 Å². The minimum absolute atomic E-state index is 0.0423. The zero-order chi connectivity index (χ0) is 20.0. The second-order valence-electron chi connectivity index (χ2n) is 5.98. The summed E-state index contributed by atoms with van der Waals surface area (Å²) in [7, 11) is -3.52. The summed E-state index contributed by atoms with van der Waals surface area (Å²) in [5.41, 5.74) is 1.03. The van der Waals surface area contributed by atoms with Gasteiger partial charge < -0.3 is 5.32 Å². The first kappa shape index (κ1) is 20.7. The third-order valence-corrected chi connectivity index (χ3v) is 6.14.